The number of likely N-dealkylation sites (tertiary alicyclic amines) is 1. The standard InChI is InChI=1S/C13H12BrClFN3O/c1-18-3-2-10(13(18)20)19-11-4-7(14)8(16)5-9(11)17-12(19)6-15/h4-5,10H,2-3,6H2,1H3. The number of halogens is 3. The van der Waals surface area contributed by atoms with Crippen molar-refractivity contribution in [3.8, 4) is 0 Å². The van der Waals surface area contributed by atoms with Crippen molar-refractivity contribution in [1.29, 1.82) is 0 Å². The van der Waals surface area contributed by atoms with Crippen LogP contribution in [-0.2, 0) is 10.7 Å². The zero-order chi connectivity index (χ0) is 14.4. The third-order valence-corrected chi connectivity index (χ3v) is 4.48. The molecule has 1 aliphatic heterocycles. The van der Waals surface area contributed by atoms with Crippen molar-refractivity contribution in [2.45, 2.75) is 18.3 Å². The number of likely N-dealkylation sites (N-methyl/N-ethyl adjacent to an activating group) is 1. The van der Waals surface area contributed by atoms with E-state index in [2.05, 4.69) is 20.9 Å². The molecular formula is C13H12BrClFN3O. The molecule has 1 aliphatic rings. The van der Waals surface area contributed by atoms with Crippen molar-refractivity contribution < 1.29 is 9.18 Å². The van der Waals surface area contributed by atoms with Crippen LogP contribution in [0, 0.1) is 5.82 Å². The Morgan fingerprint density at radius 3 is 2.90 bits per heavy atom. The van der Waals surface area contributed by atoms with Gasteiger partial charge in [-0.3, -0.25) is 4.79 Å². The quantitative estimate of drug-likeness (QED) is 0.772. The molecule has 3 rings (SSSR count). The zero-order valence-corrected chi connectivity index (χ0v) is 13.1. The van der Waals surface area contributed by atoms with Gasteiger partial charge in [-0.2, -0.15) is 0 Å². The number of carbonyl (C=O) groups excluding carboxylic acids is 1. The lowest BCUT2D eigenvalue weighted by Crippen LogP contribution is -2.25. The zero-order valence-electron chi connectivity index (χ0n) is 10.7. The number of fused-ring (bicyclic) bond motifs is 1. The van der Waals surface area contributed by atoms with E-state index in [1.54, 1.807) is 18.0 Å². The van der Waals surface area contributed by atoms with Gasteiger partial charge < -0.3 is 9.47 Å². The van der Waals surface area contributed by atoms with E-state index in [-0.39, 0.29) is 23.6 Å². The summed E-state index contributed by atoms with van der Waals surface area (Å²) in [7, 11) is 1.78. The van der Waals surface area contributed by atoms with Crippen LogP contribution in [0.25, 0.3) is 11.0 Å². The average molecular weight is 361 g/mol. The summed E-state index contributed by atoms with van der Waals surface area (Å²) >= 11 is 9.10. The molecule has 106 valence electrons. The normalized spacial score (nSPS) is 19.3. The van der Waals surface area contributed by atoms with E-state index >= 15 is 0 Å². The Morgan fingerprint density at radius 2 is 2.30 bits per heavy atom. The molecule has 2 heterocycles. The van der Waals surface area contributed by atoms with Gasteiger partial charge in [-0.25, -0.2) is 9.37 Å². The molecule has 0 N–H and O–H groups in total. The van der Waals surface area contributed by atoms with Gasteiger partial charge >= 0.3 is 0 Å². The molecule has 1 fully saturated rings. The Hall–Kier alpha value is -1.14. The Morgan fingerprint density at radius 1 is 1.55 bits per heavy atom. The fourth-order valence-corrected chi connectivity index (χ4v) is 3.15. The highest BCUT2D eigenvalue weighted by Gasteiger charge is 2.33. The lowest BCUT2D eigenvalue weighted by molar-refractivity contribution is -0.129. The summed E-state index contributed by atoms with van der Waals surface area (Å²) in [5, 5.41) is 0. The highest BCUT2D eigenvalue weighted by Crippen LogP contribution is 2.31. The van der Waals surface area contributed by atoms with E-state index in [0.29, 0.717) is 28.8 Å². The minimum absolute atomic E-state index is 0.0381. The van der Waals surface area contributed by atoms with E-state index in [1.807, 2.05) is 4.57 Å². The Bertz CT molecular complexity index is 702. The van der Waals surface area contributed by atoms with Gasteiger partial charge in [0.25, 0.3) is 0 Å². The van der Waals surface area contributed by atoms with Crippen molar-refractivity contribution in [2.24, 2.45) is 0 Å². The fraction of sp³-hybridized carbons (Fsp3) is 0.385. The first kappa shape index (κ1) is 13.8. The molecule has 0 radical (unpaired) electrons. The number of benzene rings is 1. The average Bonchev–Trinajstić information content (AvgIpc) is 2.92. The second-order valence-corrected chi connectivity index (χ2v) is 5.97. The first-order valence-electron chi connectivity index (χ1n) is 6.19. The van der Waals surface area contributed by atoms with E-state index in [1.165, 1.54) is 6.07 Å². The van der Waals surface area contributed by atoms with Gasteiger partial charge in [0.15, 0.2) is 0 Å². The van der Waals surface area contributed by atoms with Gasteiger partial charge in [0, 0.05) is 19.7 Å². The molecular weight excluding hydrogens is 349 g/mol. The summed E-state index contributed by atoms with van der Waals surface area (Å²) < 4.78 is 15.8. The molecule has 4 nitrogen and oxygen atoms in total. The lowest BCUT2D eigenvalue weighted by atomic mass is 10.2. The molecule has 0 bridgehead atoms. The largest absolute Gasteiger partial charge is 0.344 e. The molecule has 1 saturated heterocycles. The first-order chi connectivity index (χ1) is 9.52. The predicted octanol–water partition coefficient (Wildman–Crippen LogP) is 3.08. The van der Waals surface area contributed by atoms with Crippen LogP contribution >= 0.6 is 27.5 Å². The van der Waals surface area contributed by atoms with Crippen molar-refractivity contribution in [3.05, 3.63) is 28.2 Å². The van der Waals surface area contributed by atoms with Gasteiger partial charge in [-0.1, -0.05) is 0 Å². The first-order valence-corrected chi connectivity index (χ1v) is 7.52. The minimum atomic E-state index is -0.377. The van der Waals surface area contributed by atoms with Crippen molar-refractivity contribution in [2.75, 3.05) is 13.6 Å². The molecule has 0 spiro atoms. The van der Waals surface area contributed by atoms with E-state index in [4.69, 9.17) is 11.6 Å². The molecule has 1 aromatic carbocycles. The van der Waals surface area contributed by atoms with Gasteiger partial charge in [0.05, 0.1) is 21.4 Å². The molecule has 2 aromatic rings. The van der Waals surface area contributed by atoms with Crippen LogP contribution < -0.4 is 0 Å². The SMILES string of the molecule is CN1CCC(n2c(CCl)nc3cc(F)c(Br)cc32)C1=O. The molecule has 7 heteroatoms. The van der Waals surface area contributed by atoms with Crippen LogP contribution in [-0.4, -0.2) is 34.0 Å². The number of aromatic nitrogens is 2. The number of imidazole rings is 1. The third kappa shape index (κ3) is 2.02. The summed E-state index contributed by atoms with van der Waals surface area (Å²) in [6, 6.07) is 2.70. The molecule has 1 amide bonds. The van der Waals surface area contributed by atoms with Crippen molar-refractivity contribution in [3.63, 3.8) is 0 Å². The summed E-state index contributed by atoms with van der Waals surface area (Å²) in [5.74, 6) is 0.434. The van der Waals surface area contributed by atoms with Crippen molar-refractivity contribution in [1.82, 2.24) is 14.5 Å². The van der Waals surface area contributed by atoms with Gasteiger partial charge in [0.2, 0.25) is 5.91 Å². The lowest BCUT2D eigenvalue weighted by Gasteiger charge is -2.15. The van der Waals surface area contributed by atoms with E-state index in [0.717, 1.165) is 5.52 Å². The highest BCUT2D eigenvalue weighted by atomic mass is 79.9. The molecule has 1 atom stereocenters. The predicted molar refractivity (Wildman–Crippen MR) is 78.2 cm³/mol. The van der Waals surface area contributed by atoms with Crippen molar-refractivity contribution >= 4 is 44.5 Å². The topological polar surface area (TPSA) is 38.1 Å². The molecule has 20 heavy (non-hydrogen) atoms. The number of nitrogens with zero attached hydrogens (tertiary/aromatic N) is 3. The highest BCUT2D eigenvalue weighted by molar-refractivity contribution is 9.10. The number of amides is 1. The second-order valence-electron chi connectivity index (χ2n) is 4.85. The Labute approximate surface area is 128 Å². The number of alkyl halides is 1. The molecule has 1 unspecified atom stereocenters. The minimum Gasteiger partial charge on any atom is -0.344 e. The van der Waals surface area contributed by atoms with Crippen LogP contribution in [0.2, 0.25) is 0 Å². The van der Waals surface area contributed by atoms with Gasteiger partial charge in [-0.05, 0) is 28.4 Å². The maximum atomic E-state index is 13.6. The number of hydrogen-bond acceptors (Lipinski definition) is 2. The number of carbonyl (C=O) groups is 1. The van der Waals surface area contributed by atoms with Gasteiger partial charge in [-0.15, -0.1) is 11.6 Å². The second kappa shape index (κ2) is 5.00. The smallest absolute Gasteiger partial charge is 0.245 e. The Kier molecular flexibility index (Phi) is 3.46. The summed E-state index contributed by atoms with van der Waals surface area (Å²) in [5.41, 5.74) is 1.24. The summed E-state index contributed by atoms with van der Waals surface area (Å²) in [6.07, 6.45) is 0.708. The maximum absolute atomic E-state index is 13.6. The van der Waals surface area contributed by atoms with Crippen LogP contribution in [0.4, 0.5) is 4.39 Å². The van der Waals surface area contributed by atoms with Crippen LogP contribution in [0.15, 0.2) is 16.6 Å². The molecule has 0 saturated carbocycles. The Balaban J connectivity index is 2.23. The van der Waals surface area contributed by atoms with Crippen LogP contribution in [0.5, 0.6) is 0 Å². The molecule has 0 aliphatic carbocycles. The van der Waals surface area contributed by atoms with E-state index in [9.17, 15) is 9.18 Å². The van der Waals surface area contributed by atoms with Crippen LogP contribution in [0.1, 0.15) is 18.3 Å². The fourth-order valence-electron chi connectivity index (χ4n) is 2.63. The van der Waals surface area contributed by atoms with Crippen LogP contribution in [0.3, 0.4) is 0 Å². The monoisotopic (exact) mass is 359 g/mol. The van der Waals surface area contributed by atoms with Gasteiger partial charge in [0.1, 0.15) is 17.7 Å². The number of hydrogen-bond donors (Lipinski definition) is 0. The van der Waals surface area contributed by atoms with E-state index < -0.39 is 0 Å². The number of rotatable bonds is 2. The molecule has 1 aromatic heterocycles. The summed E-state index contributed by atoms with van der Waals surface area (Å²) in [4.78, 5) is 18.2. The maximum Gasteiger partial charge on any atom is 0.245 e. The third-order valence-electron chi connectivity index (χ3n) is 3.64. The summed E-state index contributed by atoms with van der Waals surface area (Å²) in [6.45, 7) is 0.702.